The summed E-state index contributed by atoms with van der Waals surface area (Å²) in [4.78, 5) is 24.4. The fourth-order valence-corrected chi connectivity index (χ4v) is 1.22. The van der Waals surface area contributed by atoms with Gasteiger partial charge in [0.25, 0.3) is 11.5 Å². The molecule has 1 amide bonds. The molecule has 0 radical (unpaired) electrons. The van der Waals surface area contributed by atoms with Crippen LogP contribution in [0.25, 0.3) is 0 Å². The van der Waals surface area contributed by atoms with Gasteiger partial charge < -0.3 is 16.0 Å². The quantitative estimate of drug-likeness (QED) is 0.722. The van der Waals surface area contributed by atoms with Gasteiger partial charge in [-0.25, -0.2) is 0 Å². The van der Waals surface area contributed by atoms with Crippen molar-refractivity contribution in [2.75, 3.05) is 13.1 Å². The summed E-state index contributed by atoms with van der Waals surface area (Å²) in [6, 6.07) is 1.50. The number of pyridine rings is 1. The third-order valence-electron chi connectivity index (χ3n) is 2.13. The Morgan fingerprint density at radius 1 is 1.37 bits per heavy atom. The van der Waals surface area contributed by atoms with Crippen LogP contribution in [0.1, 0.15) is 22.5 Å². The number of hydrogen-bond donors (Lipinski definition) is 3. The van der Waals surface area contributed by atoms with Crippen LogP contribution in [0.5, 0.6) is 0 Å². The number of nitrogens with one attached hydrogen (secondary N) is 2. The Kier molecular flexibility index (Phi) is 6.57. The van der Waals surface area contributed by atoms with Crippen molar-refractivity contribution in [3.63, 3.8) is 0 Å². The van der Waals surface area contributed by atoms with E-state index in [0.717, 1.165) is 6.07 Å². The van der Waals surface area contributed by atoms with Crippen molar-refractivity contribution in [1.29, 1.82) is 0 Å². The molecule has 4 N–H and O–H groups in total. The third kappa shape index (κ3) is 4.92. The Morgan fingerprint density at radius 3 is 2.47 bits per heavy atom. The number of nitrogens with two attached hydrogens (primary N) is 1. The summed E-state index contributed by atoms with van der Waals surface area (Å²) in [5.41, 5.74) is 2.58. The van der Waals surface area contributed by atoms with Gasteiger partial charge in [0.2, 0.25) is 0 Å². The van der Waals surface area contributed by atoms with Crippen LogP contribution >= 0.6 is 12.4 Å². The summed E-state index contributed by atoms with van der Waals surface area (Å²) < 4.78 is 36.8. The van der Waals surface area contributed by atoms with Gasteiger partial charge in [0, 0.05) is 6.54 Å². The minimum absolute atomic E-state index is 0. The molecule has 0 saturated carbocycles. The first kappa shape index (κ1) is 17.5. The fraction of sp³-hybridized carbons (Fsp3) is 0.400. The molecule has 0 unspecified atom stereocenters. The lowest BCUT2D eigenvalue weighted by Crippen LogP contribution is -2.32. The van der Waals surface area contributed by atoms with E-state index in [-0.39, 0.29) is 24.5 Å². The number of amides is 1. The van der Waals surface area contributed by atoms with E-state index in [2.05, 4.69) is 5.32 Å². The topological polar surface area (TPSA) is 88.0 Å². The van der Waals surface area contributed by atoms with E-state index in [1.165, 1.54) is 0 Å². The molecule has 1 heterocycles. The molecule has 1 rings (SSSR count). The van der Waals surface area contributed by atoms with E-state index in [1.807, 2.05) is 0 Å². The van der Waals surface area contributed by atoms with Crippen LogP contribution in [0.4, 0.5) is 13.2 Å². The predicted molar refractivity (Wildman–Crippen MR) is 65.3 cm³/mol. The molecule has 0 atom stereocenters. The van der Waals surface area contributed by atoms with Crippen molar-refractivity contribution >= 4 is 18.3 Å². The number of alkyl halides is 3. The second kappa shape index (κ2) is 7.15. The lowest BCUT2D eigenvalue weighted by Gasteiger charge is -2.07. The zero-order valence-corrected chi connectivity index (χ0v) is 10.5. The maximum Gasteiger partial charge on any atom is 0.431 e. The molecule has 0 aliphatic rings. The Bertz CT molecular complexity index is 488. The smallest absolute Gasteiger partial charge is 0.352 e. The van der Waals surface area contributed by atoms with Gasteiger partial charge in [-0.05, 0) is 25.1 Å². The SMILES string of the molecule is Cl.NCCCNC(=O)c1ccc(C(F)(F)F)[nH]c1=O. The number of carbonyl (C=O) groups excluding carboxylic acids is 1. The highest BCUT2D eigenvalue weighted by Crippen LogP contribution is 2.26. The number of halogens is 4. The van der Waals surface area contributed by atoms with Gasteiger partial charge in [0.15, 0.2) is 0 Å². The highest BCUT2D eigenvalue weighted by Gasteiger charge is 2.32. The van der Waals surface area contributed by atoms with Crippen LogP contribution in [0.3, 0.4) is 0 Å². The Labute approximate surface area is 112 Å². The Balaban J connectivity index is 0.00000324. The average Bonchev–Trinajstić information content (AvgIpc) is 2.27. The number of rotatable bonds is 4. The number of aromatic nitrogens is 1. The molecule has 0 aromatic carbocycles. The second-order valence-electron chi connectivity index (χ2n) is 3.51. The van der Waals surface area contributed by atoms with Crippen LogP contribution < -0.4 is 16.6 Å². The molecule has 0 bridgehead atoms. The summed E-state index contributed by atoms with van der Waals surface area (Å²) in [5, 5.41) is 2.38. The maximum atomic E-state index is 12.3. The molecule has 1 aromatic heterocycles. The second-order valence-corrected chi connectivity index (χ2v) is 3.51. The Morgan fingerprint density at radius 2 is 2.00 bits per heavy atom. The van der Waals surface area contributed by atoms with Gasteiger partial charge in [0.05, 0.1) is 0 Å². The van der Waals surface area contributed by atoms with Gasteiger partial charge in [-0.1, -0.05) is 0 Å². The van der Waals surface area contributed by atoms with Crippen molar-refractivity contribution < 1.29 is 18.0 Å². The van der Waals surface area contributed by atoms with Gasteiger partial charge in [0.1, 0.15) is 11.3 Å². The van der Waals surface area contributed by atoms with E-state index in [1.54, 1.807) is 4.98 Å². The zero-order chi connectivity index (χ0) is 13.8. The van der Waals surface area contributed by atoms with Crippen LogP contribution in [0.15, 0.2) is 16.9 Å². The van der Waals surface area contributed by atoms with Gasteiger partial charge in [-0.15, -0.1) is 12.4 Å². The first-order valence-corrected chi connectivity index (χ1v) is 5.15. The third-order valence-corrected chi connectivity index (χ3v) is 2.13. The average molecular weight is 300 g/mol. The normalized spacial score (nSPS) is 10.7. The highest BCUT2D eigenvalue weighted by atomic mass is 35.5. The number of H-pyrrole nitrogens is 1. The van der Waals surface area contributed by atoms with Gasteiger partial charge in [-0.3, -0.25) is 9.59 Å². The summed E-state index contributed by atoms with van der Waals surface area (Å²) in [5.74, 6) is -0.724. The first-order chi connectivity index (χ1) is 8.36. The molecule has 0 spiro atoms. The number of hydrogen-bond acceptors (Lipinski definition) is 3. The van der Waals surface area contributed by atoms with Crippen molar-refractivity contribution in [1.82, 2.24) is 10.3 Å². The van der Waals surface area contributed by atoms with Crippen LogP contribution in [0, 0.1) is 0 Å². The minimum Gasteiger partial charge on any atom is -0.352 e. The Hall–Kier alpha value is -1.54. The summed E-state index contributed by atoms with van der Waals surface area (Å²) >= 11 is 0. The standard InChI is InChI=1S/C10H12F3N3O2.ClH/c11-10(12,13)7-3-2-6(9(18)16-7)8(17)15-5-1-4-14;/h2-3H,1,4-5,14H2,(H,15,17)(H,16,18);1H. The molecule has 5 nitrogen and oxygen atoms in total. The van der Waals surface area contributed by atoms with E-state index in [4.69, 9.17) is 5.73 Å². The largest absolute Gasteiger partial charge is 0.431 e. The van der Waals surface area contributed by atoms with E-state index < -0.39 is 23.3 Å². The van der Waals surface area contributed by atoms with Crippen molar-refractivity contribution in [3.8, 4) is 0 Å². The van der Waals surface area contributed by atoms with Crippen LogP contribution in [-0.4, -0.2) is 24.0 Å². The summed E-state index contributed by atoms with van der Waals surface area (Å²) in [6.07, 6.45) is -4.13. The summed E-state index contributed by atoms with van der Waals surface area (Å²) in [7, 11) is 0. The van der Waals surface area contributed by atoms with E-state index in [9.17, 15) is 22.8 Å². The molecule has 108 valence electrons. The minimum atomic E-state index is -4.65. The van der Waals surface area contributed by atoms with Crippen LogP contribution in [0.2, 0.25) is 0 Å². The maximum absolute atomic E-state index is 12.3. The molecule has 0 saturated heterocycles. The van der Waals surface area contributed by atoms with E-state index in [0.29, 0.717) is 19.0 Å². The molecular weight excluding hydrogens is 287 g/mol. The molecule has 1 aromatic rings. The molecule has 0 aliphatic heterocycles. The van der Waals surface area contributed by atoms with Crippen molar-refractivity contribution in [2.45, 2.75) is 12.6 Å². The number of aromatic amines is 1. The monoisotopic (exact) mass is 299 g/mol. The zero-order valence-electron chi connectivity index (χ0n) is 9.71. The molecule has 19 heavy (non-hydrogen) atoms. The van der Waals surface area contributed by atoms with Crippen LogP contribution in [-0.2, 0) is 6.18 Å². The van der Waals surface area contributed by atoms with Gasteiger partial charge >= 0.3 is 6.18 Å². The molecule has 9 heteroatoms. The molecule has 0 fully saturated rings. The van der Waals surface area contributed by atoms with Crippen molar-refractivity contribution in [3.05, 3.63) is 33.7 Å². The molecular formula is C10H13ClF3N3O2. The predicted octanol–water partition coefficient (Wildman–Crippen LogP) is 0.894. The molecule has 0 aliphatic carbocycles. The number of carbonyl (C=O) groups is 1. The lowest BCUT2D eigenvalue weighted by atomic mass is 10.2. The first-order valence-electron chi connectivity index (χ1n) is 5.15. The van der Waals surface area contributed by atoms with E-state index >= 15 is 0 Å². The van der Waals surface area contributed by atoms with Gasteiger partial charge in [-0.2, -0.15) is 13.2 Å². The fourth-order valence-electron chi connectivity index (χ4n) is 1.22. The lowest BCUT2D eigenvalue weighted by molar-refractivity contribution is -0.141. The summed E-state index contributed by atoms with van der Waals surface area (Å²) in [6.45, 7) is 0.624. The highest BCUT2D eigenvalue weighted by molar-refractivity contribution is 5.93. The van der Waals surface area contributed by atoms with Crippen molar-refractivity contribution in [2.24, 2.45) is 5.73 Å².